The maximum Gasteiger partial charge on any atom is 0.0366 e. The molecule has 4 nitrogen and oxygen atoms in total. The molecule has 0 aromatic heterocycles. The summed E-state index contributed by atoms with van der Waals surface area (Å²) >= 11 is 0. The van der Waals surface area contributed by atoms with Crippen molar-refractivity contribution in [2.24, 2.45) is 0 Å². The summed E-state index contributed by atoms with van der Waals surface area (Å²) in [5, 5.41) is 7.15. The van der Waals surface area contributed by atoms with Crippen LogP contribution >= 0.6 is 0 Å². The van der Waals surface area contributed by atoms with Crippen LogP contribution in [0.25, 0.3) is 0 Å². The quantitative estimate of drug-likeness (QED) is 0.810. The van der Waals surface area contributed by atoms with Gasteiger partial charge in [0.1, 0.15) is 0 Å². The topological polar surface area (TPSA) is 30.5 Å². The van der Waals surface area contributed by atoms with Crippen molar-refractivity contribution in [1.82, 2.24) is 20.4 Å². The van der Waals surface area contributed by atoms with Crippen LogP contribution in [0.2, 0.25) is 0 Å². The summed E-state index contributed by atoms with van der Waals surface area (Å²) in [6.45, 7) is 6.59. The smallest absolute Gasteiger partial charge is 0.0366 e. The average Bonchev–Trinajstić information content (AvgIpc) is 2.69. The maximum atomic E-state index is 3.69. The first-order chi connectivity index (χ1) is 10.2. The first-order valence-electron chi connectivity index (χ1n) is 8.17. The molecule has 0 bridgehead atoms. The van der Waals surface area contributed by atoms with Crippen LogP contribution in [0, 0.1) is 0 Å². The molecular weight excluding hydrogens is 260 g/mol. The Hall–Kier alpha value is -1.10. The second-order valence-corrected chi connectivity index (χ2v) is 6.51. The average molecular weight is 288 g/mol. The molecule has 3 aliphatic rings. The van der Waals surface area contributed by atoms with Crippen molar-refractivity contribution in [3.63, 3.8) is 0 Å². The third-order valence-corrected chi connectivity index (χ3v) is 4.54. The van der Waals surface area contributed by atoms with Crippen molar-refractivity contribution >= 4 is 0 Å². The van der Waals surface area contributed by atoms with E-state index in [0.29, 0.717) is 6.04 Å². The Kier molecular flexibility index (Phi) is 4.78. The van der Waals surface area contributed by atoms with Crippen LogP contribution in [0.4, 0.5) is 0 Å². The molecule has 3 rings (SSSR count). The van der Waals surface area contributed by atoms with E-state index in [4.69, 9.17) is 0 Å². The van der Waals surface area contributed by atoms with E-state index in [2.05, 4.69) is 52.8 Å². The van der Waals surface area contributed by atoms with Crippen molar-refractivity contribution in [2.75, 3.05) is 53.4 Å². The van der Waals surface area contributed by atoms with Crippen molar-refractivity contribution < 1.29 is 0 Å². The molecule has 2 heterocycles. The molecule has 1 aliphatic carbocycles. The van der Waals surface area contributed by atoms with E-state index in [9.17, 15) is 0 Å². The van der Waals surface area contributed by atoms with Gasteiger partial charge in [-0.3, -0.25) is 0 Å². The molecule has 0 aromatic rings. The minimum atomic E-state index is 0.566. The molecule has 1 fully saturated rings. The summed E-state index contributed by atoms with van der Waals surface area (Å²) in [5.41, 5.74) is 4.57. The Morgan fingerprint density at radius 1 is 1.29 bits per heavy atom. The molecular formula is C17H28N4. The second-order valence-electron chi connectivity index (χ2n) is 6.51. The van der Waals surface area contributed by atoms with Gasteiger partial charge in [0.05, 0.1) is 0 Å². The number of rotatable bonds is 3. The van der Waals surface area contributed by atoms with Gasteiger partial charge in [-0.05, 0) is 38.1 Å². The summed E-state index contributed by atoms with van der Waals surface area (Å²) in [4.78, 5) is 4.86. The SMILES string of the molecule is CN(C)CC1CC2=C(C=CCC=C2N2CCNCC2)CN1. The number of allylic oxidation sites excluding steroid dienone is 3. The van der Waals surface area contributed by atoms with Gasteiger partial charge in [0.15, 0.2) is 0 Å². The molecule has 1 unspecified atom stereocenters. The van der Waals surface area contributed by atoms with E-state index >= 15 is 0 Å². The first kappa shape index (κ1) is 14.8. The van der Waals surface area contributed by atoms with E-state index < -0.39 is 0 Å². The first-order valence-corrected chi connectivity index (χ1v) is 8.17. The summed E-state index contributed by atoms with van der Waals surface area (Å²) in [7, 11) is 4.32. The summed E-state index contributed by atoms with van der Waals surface area (Å²) < 4.78 is 0. The highest BCUT2D eigenvalue weighted by molar-refractivity contribution is 5.45. The van der Waals surface area contributed by atoms with E-state index in [-0.39, 0.29) is 0 Å². The zero-order chi connectivity index (χ0) is 14.7. The van der Waals surface area contributed by atoms with Gasteiger partial charge in [0, 0.05) is 51.0 Å². The van der Waals surface area contributed by atoms with Gasteiger partial charge in [-0.25, -0.2) is 0 Å². The highest BCUT2D eigenvalue weighted by Crippen LogP contribution is 2.30. The molecule has 2 N–H and O–H groups in total. The number of piperazine rings is 1. The van der Waals surface area contributed by atoms with Gasteiger partial charge >= 0.3 is 0 Å². The van der Waals surface area contributed by atoms with E-state index in [1.165, 1.54) is 11.3 Å². The zero-order valence-corrected chi connectivity index (χ0v) is 13.4. The third-order valence-electron chi connectivity index (χ3n) is 4.54. The molecule has 0 amide bonds. The van der Waals surface area contributed by atoms with Crippen LogP contribution < -0.4 is 10.6 Å². The van der Waals surface area contributed by atoms with Crippen LogP contribution in [-0.4, -0.2) is 69.2 Å². The number of nitrogens with zero attached hydrogens (tertiary/aromatic N) is 2. The lowest BCUT2D eigenvalue weighted by molar-refractivity contribution is 0.292. The van der Waals surface area contributed by atoms with Crippen LogP contribution in [-0.2, 0) is 0 Å². The summed E-state index contributed by atoms with van der Waals surface area (Å²) in [6.07, 6.45) is 9.28. The molecule has 4 heteroatoms. The zero-order valence-electron chi connectivity index (χ0n) is 13.4. The van der Waals surface area contributed by atoms with Crippen LogP contribution in [0.3, 0.4) is 0 Å². The molecule has 0 aromatic carbocycles. The molecule has 0 radical (unpaired) electrons. The van der Waals surface area contributed by atoms with E-state index in [1.807, 2.05) is 0 Å². The Bertz CT molecular complexity index is 455. The van der Waals surface area contributed by atoms with Gasteiger partial charge in [-0.1, -0.05) is 18.2 Å². The fraction of sp³-hybridized carbons (Fsp3) is 0.647. The molecule has 0 spiro atoms. The van der Waals surface area contributed by atoms with Crippen LogP contribution in [0.5, 0.6) is 0 Å². The highest BCUT2D eigenvalue weighted by atomic mass is 15.2. The fourth-order valence-electron chi connectivity index (χ4n) is 3.55. The molecule has 1 saturated heterocycles. The highest BCUT2D eigenvalue weighted by Gasteiger charge is 2.26. The largest absolute Gasteiger partial charge is 0.369 e. The Balaban J connectivity index is 1.81. The Morgan fingerprint density at radius 3 is 2.86 bits per heavy atom. The lowest BCUT2D eigenvalue weighted by atomic mass is 9.92. The van der Waals surface area contributed by atoms with Gasteiger partial charge in [0.2, 0.25) is 0 Å². The standard InChI is InChI=1S/C17H28N4/c1-20(2)13-15-11-16-14(12-19-15)5-3-4-6-17(16)21-9-7-18-8-10-21/h3,5-6,15,18-19H,4,7-13H2,1-2H3. The molecule has 0 saturated carbocycles. The molecule has 1 atom stereocenters. The number of hydrogen-bond acceptors (Lipinski definition) is 4. The van der Waals surface area contributed by atoms with Crippen molar-refractivity contribution in [1.29, 1.82) is 0 Å². The predicted octanol–water partition coefficient (Wildman–Crippen LogP) is 0.956. The van der Waals surface area contributed by atoms with Gasteiger partial charge in [0.25, 0.3) is 0 Å². The minimum absolute atomic E-state index is 0.566. The monoisotopic (exact) mass is 288 g/mol. The van der Waals surface area contributed by atoms with Crippen molar-refractivity contribution in [3.8, 4) is 0 Å². The van der Waals surface area contributed by atoms with Crippen molar-refractivity contribution in [2.45, 2.75) is 18.9 Å². The molecule has 2 aliphatic heterocycles. The number of hydrogen-bond donors (Lipinski definition) is 2. The summed E-state index contributed by atoms with van der Waals surface area (Å²) in [6, 6.07) is 0.566. The van der Waals surface area contributed by atoms with Crippen LogP contribution in [0.15, 0.2) is 35.1 Å². The molecule has 21 heavy (non-hydrogen) atoms. The van der Waals surface area contributed by atoms with Gasteiger partial charge in [-0.15, -0.1) is 0 Å². The maximum absolute atomic E-state index is 3.69. The second kappa shape index (κ2) is 6.77. The lowest BCUT2D eigenvalue weighted by Crippen LogP contribution is -2.46. The Morgan fingerprint density at radius 2 is 2.10 bits per heavy atom. The van der Waals surface area contributed by atoms with Crippen molar-refractivity contribution in [3.05, 3.63) is 35.1 Å². The third kappa shape index (κ3) is 3.57. The number of nitrogens with one attached hydrogen (secondary N) is 2. The van der Waals surface area contributed by atoms with E-state index in [0.717, 1.165) is 52.1 Å². The summed E-state index contributed by atoms with van der Waals surface area (Å²) in [5.74, 6) is 0. The van der Waals surface area contributed by atoms with E-state index in [1.54, 1.807) is 5.57 Å². The minimum Gasteiger partial charge on any atom is -0.369 e. The molecule has 116 valence electrons. The predicted molar refractivity (Wildman–Crippen MR) is 88.3 cm³/mol. The van der Waals surface area contributed by atoms with Gasteiger partial charge in [-0.2, -0.15) is 0 Å². The Labute approximate surface area is 128 Å². The fourth-order valence-corrected chi connectivity index (χ4v) is 3.55. The van der Waals surface area contributed by atoms with Gasteiger partial charge < -0.3 is 20.4 Å². The number of likely N-dealkylation sites (N-methyl/N-ethyl adjacent to an activating group) is 1. The normalized spacial score (nSPS) is 26.7. The van der Waals surface area contributed by atoms with Crippen LogP contribution in [0.1, 0.15) is 12.8 Å². The lowest BCUT2D eigenvalue weighted by Gasteiger charge is -2.37.